The van der Waals surface area contributed by atoms with E-state index in [0.717, 1.165) is 22.4 Å². The lowest BCUT2D eigenvalue weighted by Crippen LogP contribution is -2.09. The van der Waals surface area contributed by atoms with Gasteiger partial charge in [-0.25, -0.2) is 14.3 Å². The van der Waals surface area contributed by atoms with Gasteiger partial charge in [-0.15, -0.1) is 0 Å². The lowest BCUT2D eigenvalue weighted by atomic mass is 10.0. The van der Waals surface area contributed by atoms with E-state index < -0.39 is 5.97 Å². The molecule has 0 bridgehead atoms. The van der Waals surface area contributed by atoms with Crippen molar-refractivity contribution in [3.8, 4) is 33.6 Å². The Morgan fingerprint density at radius 2 is 1.71 bits per heavy atom. The minimum Gasteiger partial charge on any atom is -0.478 e. The summed E-state index contributed by atoms with van der Waals surface area (Å²) in [6.45, 7) is 3.24. The maximum absolute atomic E-state index is 12.5. The van der Waals surface area contributed by atoms with E-state index in [1.54, 1.807) is 23.8 Å². The van der Waals surface area contributed by atoms with Crippen LogP contribution in [0.25, 0.3) is 39.3 Å². The van der Waals surface area contributed by atoms with Crippen molar-refractivity contribution in [2.75, 3.05) is 0 Å². The highest BCUT2D eigenvalue weighted by Crippen LogP contribution is 2.31. The Balaban J connectivity index is 1.68. The summed E-state index contributed by atoms with van der Waals surface area (Å²) in [5.74, 6) is -1.31. The molecule has 0 unspecified atom stereocenters. The molecule has 8 heteroatoms. The van der Waals surface area contributed by atoms with Crippen LogP contribution in [0.15, 0.2) is 73.3 Å². The lowest BCUT2D eigenvalue weighted by Gasteiger charge is -2.12. The summed E-state index contributed by atoms with van der Waals surface area (Å²) in [6, 6.07) is 15.2. The van der Waals surface area contributed by atoms with Crippen LogP contribution >= 0.6 is 0 Å². The standard InChI is InChI=1S/C26H19N5O3/c1-15-23(16(2)32)24(19-10-20(26(33)34)12-27-11-19)30-25-21(14-29-31(15)25)18-8-9-22(28-13-18)17-6-4-3-5-7-17/h3-14H,1-2H3,(H,33,34). The molecule has 166 valence electrons. The number of ketones is 1. The van der Waals surface area contributed by atoms with Crippen molar-refractivity contribution in [2.24, 2.45) is 0 Å². The van der Waals surface area contributed by atoms with Gasteiger partial charge in [0.1, 0.15) is 0 Å². The van der Waals surface area contributed by atoms with Gasteiger partial charge >= 0.3 is 5.97 Å². The molecule has 5 aromatic rings. The van der Waals surface area contributed by atoms with Gasteiger partial charge in [-0.05, 0) is 26.0 Å². The van der Waals surface area contributed by atoms with E-state index in [1.165, 1.54) is 25.4 Å². The SMILES string of the molecule is CC(=O)c1c(-c2cncc(C(=O)O)c2)nc2c(-c3ccc(-c4ccccc4)nc3)cnn2c1C. The van der Waals surface area contributed by atoms with Gasteiger partial charge in [-0.1, -0.05) is 36.4 Å². The number of nitrogens with zero attached hydrogens (tertiary/aromatic N) is 5. The summed E-state index contributed by atoms with van der Waals surface area (Å²) in [6.07, 6.45) is 6.22. The summed E-state index contributed by atoms with van der Waals surface area (Å²) in [5.41, 5.74) is 5.76. The zero-order chi connectivity index (χ0) is 23.8. The predicted molar refractivity (Wildman–Crippen MR) is 127 cm³/mol. The molecule has 0 spiro atoms. The van der Waals surface area contributed by atoms with Crippen molar-refractivity contribution in [3.05, 3.63) is 90.1 Å². The normalized spacial score (nSPS) is 11.0. The molecule has 5 rings (SSSR count). The molecule has 0 amide bonds. The monoisotopic (exact) mass is 449 g/mol. The minimum atomic E-state index is -1.11. The second-order valence-electron chi connectivity index (χ2n) is 7.84. The van der Waals surface area contributed by atoms with E-state index in [4.69, 9.17) is 4.98 Å². The Kier molecular flexibility index (Phi) is 5.18. The first-order chi connectivity index (χ1) is 16.4. The van der Waals surface area contributed by atoms with Gasteiger partial charge in [0, 0.05) is 40.8 Å². The number of carbonyl (C=O) groups is 2. The fourth-order valence-corrected chi connectivity index (χ4v) is 3.99. The largest absolute Gasteiger partial charge is 0.478 e. The zero-order valence-electron chi connectivity index (χ0n) is 18.4. The molecule has 1 N–H and O–H groups in total. The molecule has 0 fully saturated rings. The van der Waals surface area contributed by atoms with Crippen LogP contribution in [0, 0.1) is 6.92 Å². The molecule has 0 aliphatic rings. The van der Waals surface area contributed by atoms with E-state index in [-0.39, 0.29) is 11.3 Å². The number of hydrogen-bond donors (Lipinski definition) is 1. The number of aromatic carboxylic acids is 1. The Hall–Kier alpha value is -4.72. The Morgan fingerprint density at radius 1 is 0.912 bits per heavy atom. The molecular weight excluding hydrogens is 430 g/mol. The number of carboxylic acid groups (broad SMARTS) is 1. The third-order valence-corrected chi connectivity index (χ3v) is 5.63. The highest BCUT2D eigenvalue weighted by Gasteiger charge is 2.21. The van der Waals surface area contributed by atoms with E-state index in [9.17, 15) is 14.7 Å². The van der Waals surface area contributed by atoms with Gasteiger partial charge in [-0.2, -0.15) is 5.10 Å². The number of hydrogen-bond acceptors (Lipinski definition) is 6. The fraction of sp³-hybridized carbons (Fsp3) is 0.0769. The number of Topliss-reactive ketones (excluding diaryl/α,β-unsaturated/α-hetero) is 1. The van der Waals surface area contributed by atoms with Crippen molar-refractivity contribution >= 4 is 17.4 Å². The summed E-state index contributed by atoms with van der Waals surface area (Å²) < 4.78 is 1.62. The van der Waals surface area contributed by atoms with Crippen molar-refractivity contribution in [3.63, 3.8) is 0 Å². The number of aryl methyl sites for hydroxylation is 1. The number of aromatic nitrogens is 5. The molecule has 8 nitrogen and oxygen atoms in total. The van der Waals surface area contributed by atoms with Crippen LogP contribution in [0.4, 0.5) is 0 Å². The molecule has 0 atom stereocenters. The Labute approximate surface area is 194 Å². The summed E-state index contributed by atoms with van der Waals surface area (Å²) in [4.78, 5) is 37.4. The first-order valence-corrected chi connectivity index (χ1v) is 10.5. The van der Waals surface area contributed by atoms with Crippen LogP contribution in [0.3, 0.4) is 0 Å². The van der Waals surface area contributed by atoms with Gasteiger partial charge in [0.15, 0.2) is 11.4 Å². The Bertz CT molecular complexity index is 1560. The van der Waals surface area contributed by atoms with Crippen LogP contribution < -0.4 is 0 Å². The second-order valence-corrected chi connectivity index (χ2v) is 7.84. The first-order valence-electron chi connectivity index (χ1n) is 10.5. The van der Waals surface area contributed by atoms with Gasteiger partial charge in [0.2, 0.25) is 0 Å². The van der Waals surface area contributed by atoms with E-state index in [0.29, 0.717) is 28.2 Å². The van der Waals surface area contributed by atoms with Crippen molar-refractivity contribution in [1.29, 1.82) is 0 Å². The lowest BCUT2D eigenvalue weighted by molar-refractivity contribution is 0.0696. The molecule has 4 aromatic heterocycles. The molecule has 0 radical (unpaired) electrons. The van der Waals surface area contributed by atoms with Crippen LogP contribution in [-0.4, -0.2) is 41.4 Å². The van der Waals surface area contributed by atoms with Gasteiger partial charge in [0.25, 0.3) is 0 Å². The number of carboxylic acids is 1. The van der Waals surface area contributed by atoms with Crippen molar-refractivity contribution in [2.45, 2.75) is 13.8 Å². The van der Waals surface area contributed by atoms with Crippen molar-refractivity contribution in [1.82, 2.24) is 24.6 Å². The smallest absolute Gasteiger partial charge is 0.337 e. The summed E-state index contributed by atoms with van der Waals surface area (Å²) >= 11 is 0. The number of fused-ring (bicyclic) bond motifs is 1. The number of carbonyl (C=O) groups excluding carboxylic acids is 1. The van der Waals surface area contributed by atoms with E-state index >= 15 is 0 Å². The average Bonchev–Trinajstić information content (AvgIpc) is 3.29. The van der Waals surface area contributed by atoms with Crippen LogP contribution in [0.5, 0.6) is 0 Å². The second kappa shape index (κ2) is 8.32. The highest BCUT2D eigenvalue weighted by molar-refractivity contribution is 6.02. The average molecular weight is 449 g/mol. The first kappa shape index (κ1) is 21.1. The van der Waals surface area contributed by atoms with E-state index in [1.807, 2.05) is 42.5 Å². The quantitative estimate of drug-likeness (QED) is 0.386. The third kappa shape index (κ3) is 3.61. The maximum Gasteiger partial charge on any atom is 0.337 e. The predicted octanol–water partition coefficient (Wildman–Crippen LogP) is 4.73. The van der Waals surface area contributed by atoms with Crippen molar-refractivity contribution < 1.29 is 14.7 Å². The van der Waals surface area contributed by atoms with E-state index in [2.05, 4.69) is 15.1 Å². The highest BCUT2D eigenvalue weighted by atomic mass is 16.4. The Morgan fingerprint density at radius 3 is 2.38 bits per heavy atom. The molecule has 0 aliphatic carbocycles. The van der Waals surface area contributed by atoms with Gasteiger partial charge in [0.05, 0.1) is 34.4 Å². The molecule has 1 aromatic carbocycles. The summed E-state index contributed by atoms with van der Waals surface area (Å²) in [5, 5.41) is 13.8. The third-order valence-electron chi connectivity index (χ3n) is 5.63. The van der Waals surface area contributed by atoms with Crippen LogP contribution in [0.2, 0.25) is 0 Å². The number of benzene rings is 1. The van der Waals surface area contributed by atoms with Gasteiger partial charge in [-0.3, -0.25) is 14.8 Å². The number of rotatable bonds is 5. The summed E-state index contributed by atoms with van der Waals surface area (Å²) in [7, 11) is 0. The maximum atomic E-state index is 12.5. The molecule has 0 saturated carbocycles. The minimum absolute atomic E-state index is 0.0146. The van der Waals surface area contributed by atoms with Crippen LogP contribution in [0.1, 0.15) is 33.3 Å². The fourth-order valence-electron chi connectivity index (χ4n) is 3.99. The van der Waals surface area contributed by atoms with Gasteiger partial charge < -0.3 is 5.11 Å². The molecule has 4 heterocycles. The van der Waals surface area contributed by atoms with Crippen LogP contribution in [-0.2, 0) is 0 Å². The molecule has 0 saturated heterocycles. The topological polar surface area (TPSA) is 110 Å². The molecular formula is C26H19N5O3. The molecule has 34 heavy (non-hydrogen) atoms. The number of pyridine rings is 2. The molecule has 0 aliphatic heterocycles. The zero-order valence-corrected chi connectivity index (χ0v) is 18.4.